The molecule has 3 rings (SSSR count). The van der Waals surface area contributed by atoms with Crippen LogP contribution < -0.4 is 20.7 Å². The lowest BCUT2D eigenvalue weighted by atomic mass is 10.1. The average molecular weight is 431 g/mol. The molecule has 0 unspecified atom stereocenters. The van der Waals surface area contributed by atoms with Crippen LogP contribution in [0.25, 0.3) is 0 Å². The summed E-state index contributed by atoms with van der Waals surface area (Å²) in [6, 6.07) is 14.0. The second-order valence-electron chi connectivity index (χ2n) is 5.98. The standard InChI is InChI=1S/C20H19ClN4O3S/c1-28-16-7-2-4-13(10-16)8-9-22-18(26)17-12-29-20(24-17)25-19(27)23-15-6-3-5-14(21)11-15/h2-7,10-12H,8-9H2,1H3,(H,22,26)(H2,23,24,25,27). The number of urea groups is 1. The van der Waals surface area contributed by atoms with E-state index in [0.717, 1.165) is 11.3 Å². The molecule has 29 heavy (non-hydrogen) atoms. The van der Waals surface area contributed by atoms with E-state index in [1.807, 2.05) is 24.3 Å². The van der Waals surface area contributed by atoms with Crippen LogP contribution in [0.15, 0.2) is 53.9 Å². The molecule has 9 heteroatoms. The van der Waals surface area contributed by atoms with Crippen LogP contribution in [0, 0.1) is 0 Å². The zero-order valence-corrected chi connectivity index (χ0v) is 17.1. The predicted octanol–water partition coefficient (Wildman–Crippen LogP) is 4.42. The zero-order valence-electron chi connectivity index (χ0n) is 15.6. The first-order valence-corrected chi connectivity index (χ1v) is 9.99. The van der Waals surface area contributed by atoms with Crippen molar-refractivity contribution in [3.63, 3.8) is 0 Å². The van der Waals surface area contributed by atoms with Gasteiger partial charge in [0.1, 0.15) is 11.4 Å². The van der Waals surface area contributed by atoms with E-state index in [2.05, 4.69) is 20.9 Å². The number of halogens is 1. The molecule has 0 atom stereocenters. The van der Waals surface area contributed by atoms with E-state index in [9.17, 15) is 9.59 Å². The third-order valence-corrected chi connectivity index (χ3v) is 4.87. The predicted molar refractivity (Wildman–Crippen MR) is 115 cm³/mol. The second-order valence-corrected chi connectivity index (χ2v) is 7.28. The Bertz CT molecular complexity index is 1010. The fourth-order valence-corrected chi connectivity index (χ4v) is 3.38. The number of rotatable bonds is 7. The van der Waals surface area contributed by atoms with Gasteiger partial charge in [0.05, 0.1) is 7.11 Å². The molecule has 3 aromatic rings. The first-order valence-electron chi connectivity index (χ1n) is 8.74. The monoisotopic (exact) mass is 430 g/mol. The number of hydrogen-bond acceptors (Lipinski definition) is 5. The molecule has 0 spiro atoms. The quantitative estimate of drug-likeness (QED) is 0.517. The molecule has 0 radical (unpaired) electrons. The van der Waals surface area contributed by atoms with Crippen molar-refractivity contribution in [1.82, 2.24) is 10.3 Å². The van der Waals surface area contributed by atoms with Gasteiger partial charge in [-0.3, -0.25) is 10.1 Å². The largest absolute Gasteiger partial charge is 0.497 e. The Morgan fingerprint density at radius 1 is 1.14 bits per heavy atom. The van der Waals surface area contributed by atoms with Gasteiger partial charge in [-0.25, -0.2) is 9.78 Å². The van der Waals surface area contributed by atoms with Gasteiger partial charge in [0, 0.05) is 22.6 Å². The topological polar surface area (TPSA) is 92.4 Å². The van der Waals surface area contributed by atoms with Gasteiger partial charge in [-0.15, -0.1) is 11.3 Å². The summed E-state index contributed by atoms with van der Waals surface area (Å²) in [5, 5.41) is 10.5. The summed E-state index contributed by atoms with van der Waals surface area (Å²) in [7, 11) is 1.62. The van der Waals surface area contributed by atoms with Gasteiger partial charge in [-0.2, -0.15) is 0 Å². The van der Waals surface area contributed by atoms with Crippen molar-refractivity contribution in [3.05, 3.63) is 70.2 Å². The van der Waals surface area contributed by atoms with Crippen molar-refractivity contribution >= 4 is 45.7 Å². The van der Waals surface area contributed by atoms with Gasteiger partial charge in [0.25, 0.3) is 5.91 Å². The fraction of sp³-hybridized carbons (Fsp3) is 0.150. The number of carbonyl (C=O) groups is 2. The van der Waals surface area contributed by atoms with Crippen molar-refractivity contribution in [2.24, 2.45) is 0 Å². The van der Waals surface area contributed by atoms with Crippen molar-refractivity contribution < 1.29 is 14.3 Å². The molecule has 1 aromatic heterocycles. The van der Waals surface area contributed by atoms with E-state index < -0.39 is 6.03 Å². The highest BCUT2D eigenvalue weighted by atomic mass is 35.5. The maximum Gasteiger partial charge on any atom is 0.325 e. The number of nitrogens with zero attached hydrogens (tertiary/aromatic N) is 1. The van der Waals surface area contributed by atoms with Crippen molar-refractivity contribution in [2.75, 3.05) is 24.3 Å². The van der Waals surface area contributed by atoms with Gasteiger partial charge in [0.15, 0.2) is 5.13 Å². The number of ether oxygens (including phenoxy) is 1. The summed E-state index contributed by atoms with van der Waals surface area (Å²) < 4.78 is 5.19. The lowest BCUT2D eigenvalue weighted by Crippen LogP contribution is -2.26. The average Bonchev–Trinajstić information content (AvgIpc) is 3.16. The molecule has 0 saturated carbocycles. The summed E-state index contributed by atoms with van der Waals surface area (Å²) in [6.07, 6.45) is 0.667. The maximum atomic E-state index is 12.3. The molecule has 7 nitrogen and oxygen atoms in total. The molecule has 0 aliphatic heterocycles. The minimum absolute atomic E-state index is 0.249. The number of anilines is 2. The highest BCUT2D eigenvalue weighted by Crippen LogP contribution is 2.18. The number of hydrogen-bond donors (Lipinski definition) is 3. The Morgan fingerprint density at radius 2 is 1.97 bits per heavy atom. The van der Waals surface area contributed by atoms with Crippen LogP contribution in [0.2, 0.25) is 5.02 Å². The molecule has 150 valence electrons. The molecule has 1 heterocycles. The van der Waals surface area contributed by atoms with Crippen LogP contribution in [0.3, 0.4) is 0 Å². The Balaban J connectivity index is 1.48. The van der Waals surface area contributed by atoms with Gasteiger partial charge >= 0.3 is 6.03 Å². The number of thiazole rings is 1. The van der Waals surface area contributed by atoms with Crippen LogP contribution in [-0.2, 0) is 6.42 Å². The smallest absolute Gasteiger partial charge is 0.325 e. The fourth-order valence-electron chi connectivity index (χ4n) is 2.50. The van der Waals surface area contributed by atoms with Crippen LogP contribution in [-0.4, -0.2) is 30.6 Å². The molecular formula is C20H19ClN4O3S. The normalized spacial score (nSPS) is 10.3. The Hall–Kier alpha value is -3.10. The third kappa shape index (κ3) is 6.20. The van der Waals surface area contributed by atoms with Crippen LogP contribution in [0.4, 0.5) is 15.6 Å². The van der Waals surface area contributed by atoms with E-state index in [1.54, 1.807) is 36.8 Å². The minimum Gasteiger partial charge on any atom is -0.497 e. The number of amides is 3. The second kappa shape index (κ2) is 9.90. The molecule has 0 aliphatic rings. The summed E-state index contributed by atoms with van der Waals surface area (Å²) in [5.74, 6) is 0.479. The number of benzene rings is 2. The summed E-state index contributed by atoms with van der Waals surface area (Å²) in [4.78, 5) is 28.4. The van der Waals surface area contributed by atoms with E-state index in [1.165, 1.54) is 11.3 Å². The molecular weight excluding hydrogens is 412 g/mol. The van der Waals surface area contributed by atoms with Crippen molar-refractivity contribution in [2.45, 2.75) is 6.42 Å². The van der Waals surface area contributed by atoms with Crippen molar-refractivity contribution in [3.8, 4) is 5.75 Å². The highest BCUT2D eigenvalue weighted by molar-refractivity contribution is 7.14. The van der Waals surface area contributed by atoms with E-state index in [0.29, 0.717) is 28.8 Å². The first kappa shape index (κ1) is 20.6. The molecule has 0 saturated heterocycles. The minimum atomic E-state index is -0.466. The number of aromatic nitrogens is 1. The molecule has 3 amide bonds. The number of methoxy groups -OCH3 is 1. The summed E-state index contributed by atoms with van der Waals surface area (Å²) in [5.41, 5.74) is 1.86. The first-order chi connectivity index (χ1) is 14.0. The molecule has 2 aromatic carbocycles. The van der Waals surface area contributed by atoms with Crippen molar-refractivity contribution in [1.29, 1.82) is 0 Å². The van der Waals surface area contributed by atoms with Gasteiger partial charge < -0.3 is 15.4 Å². The molecule has 0 aliphatic carbocycles. The number of carbonyl (C=O) groups excluding carboxylic acids is 2. The SMILES string of the molecule is COc1cccc(CCNC(=O)c2csc(NC(=O)Nc3cccc(Cl)c3)n2)c1. The Labute approximate surface area is 177 Å². The van der Waals surface area contributed by atoms with Gasteiger partial charge in [-0.05, 0) is 42.3 Å². The maximum absolute atomic E-state index is 12.3. The number of nitrogens with one attached hydrogen (secondary N) is 3. The van der Waals surface area contributed by atoms with E-state index in [4.69, 9.17) is 16.3 Å². The molecule has 0 fully saturated rings. The molecule has 3 N–H and O–H groups in total. The van der Waals surface area contributed by atoms with E-state index >= 15 is 0 Å². The third-order valence-electron chi connectivity index (χ3n) is 3.87. The molecule has 0 bridgehead atoms. The van der Waals surface area contributed by atoms with Crippen LogP contribution in [0.1, 0.15) is 16.1 Å². The Kier molecular flexibility index (Phi) is 7.04. The summed E-state index contributed by atoms with van der Waals surface area (Å²) in [6.45, 7) is 0.460. The Morgan fingerprint density at radius 3 is 2.76 bits per heavy atom. The van der Waals surface area contributed by atoms with Crippen LogP contribution in [0.5, 0.6) is 5.75 Å². The zero-order chi connectivity index (χ0) is 20.6. The van der Waals surface area contributed by atoms with E-state index in [-0.39, 0.29) is 11.6 Å². The lowest BCUT2D eigenvalue weighted by molar-refractivity contribution is 0.0950. The van der Waals surface area contributed by atoms with Crippen LogP contribution >= 0.6 is 22.9 Å². The van der Waals surface area contributed by atoms with Gasteiger partial charge in [0.2, 0.25) is 0 Å². The lowest BCUT2D eigenvalue weighted by Gasteiger charge is -2.06. The highest BCUT2D eigenvalue weighted by Gasteiger charge is 2.12. The van der Waals surface area contributed by atoms with Gasteiger partial charge in [-0.1, -0.05) is 29.8 Å². The summed E-state index contributed by atoms with van der Waals surface area (Å²) >= 11 is 7.06.